The lowest BCUT2D eigenvalue weighted by atomic mass is 10.2. The number of aromatic nitrogens is 2. The van der Waals surface area contributed by atoms with Gasteiger partial charge in [-0.25, -0.2) is 14.8 Å². The molecule has 0 saturated heterocycles. The van der Waals surface area contributed by atoms with Crippen molar-refractivity contribution in [2.45, 2.75) is 57.3 Å². The van der Waals surface area contributed by atoms with E-state index in [1.54, 1.807) is 31.4 Å². The van der Waals surface area contributed by atoms with Gasteiger partial charge in [-0.1, -0.05) is 23.9 Å². The Morgan fingerprint density at radius 2 is 1.97 bits per heavy atom. The molecule has 36 heavy (non-hydrogen) atoms. The summed E-state index contributed by atoms with van der Waals surface area (Å²) in [6.07, 6.45) is 5.97. The zero-order chi connectivity index (χ0) is 26.7. The summed E-state index contributed by atoms with van der Waals surface area (Å²) in [5, 5.41) is 8.16. The van der Waals surface area contributed by atoms with Crippen LogP contribution in [0.5, 0.6) is 0 Å². The second kappa shape index (κ2) is 14.4. The van der Waals surface area contributed by atoms with Crippen molar-refractivity contribution >= 4 is 52.3 Å². The topological polar surface area (TPSA) is 156 Å². The minimum Gasteiger partial charge on any atom is -0.456 e. The molecule has 2 heterocycles. The molecule has 0 saturated carbocycles. The maximum absolute atomic E-state index is 12.7. The van der Waals surface area contributed by atoms with Crippen molar-refractivity contribution in [3.05, 3.63) is 41.5 Å². The van der Waals surface area contributed by atoms with Crippen LogP contribution in [-0.2, 0) is 30.5 Å². The van der Waals surface area contributed by atoms with Crippen LogP contribution in [0.2, 0.25) is 0 Å². The van der Waals surface area contributed by atoms with Crippen LogP contribution in [0, 0.1) is 0 Å². The maximum atomic E-state index is 12.7. The Hall–Kier alpha value is -3.19. The Morgan fingerprint density at radius 1 is 1.22 bits per heavy atom. The minimum atomic E-state index is -1.06. The highest BCUT2D eigenvalue weighted by Crippen LogP contribution is 2.14. The molecule has 0 spiro atoms. The summed E-state index contributed by atoms with van der Waals surface area (Å²) in [6.45, 7) is 4.48. The van der Waals surface area contributed by atoms with Crippen molar-refractivity contribution in [2.24, 2.45) is 0 Å². The van der Waals surface area contributed by atoms with Crippen molar-refractivity contribution < 1.29 is 28.7 Å². The zero-order valence-corrected chi connectivity index (χ0v) is 22.1. The number of ether oxygens (including phenoxy) is 1. The normalized spacial score (nSPS) is 21.1. The Morgan fingerprint density at radius 3 is 2.64 bits per heavy atom. The number of nitrogens with zero attached hydrogens (tertiary/aromatic N) is 2. The standard InChI is InChI=1S/C23H29N5O6S2/c1-5-17-21(31)25-13(2)23(33)34-16(8-6-7-9-36-14(3)29)11-18(30)24-12-15-10-19(35-4)28-20(26-15)22(32)27-17/h5-6,8,10,13,16H,7,9,11-12H2,1-4H3,(H,24,30)(H,25,31)(H,27,32)/b8-6+,17-5-/t13-,16+/m0/s1. The molecule has 13 heteroatoms. The Kier molecular flexibility index (Phi) is 11.6. The number of cyclic esters (lactones) is 1. The number of rotatable bonds is 5. The van der Waals surface area contributed by atoms with E-state index in [1.165, 1.54) is 43.4 Å². The van der Waals surface area contributed by atoms with E-state index < -0.39 is 35.8 Å². The fourth-order valence-corrected chi connectivity index (χ4v) is 3.88. The van der Waals surface area contributed by atoms with Gasteiger partial charge in [-0.15, -0.1) is 11.8 Å². The third-order valence-electron chi connectivity index (χ3n) is 4.71. The maximum Gasteiger partial charge on any atom is 0.328 e. The molecule has 11 nitrogen and oxygen atoms in total. The lowest BCUT2D eigenvalue weighted by Gasteiger charge is -2.19. The first-order chi connectivity index (χ1) is 17.1. The lowest BCUT2D eigenvalue weighted by molar-refractivity contribution is -0.151. The van der Waals surface area contributed by atoms with Crippen LogP contribution in [0.3, 0.4) is 0 Å². The molecule has 2 rings (SSSR count). The predicted molar refractivity (Wildman–Crippen MR) is 136 cm³/mol. The molecule has 2 bridgehead atoms. The van der Waals surface area contributed by atoms with Crippen molar-refractivity contribution in [1.82, 2.24) is 25.9 Å². The molecule has 3 N–H and O–H groups in total. The zero-order valence-electron chi connectivity index (χ0n) is 20.5. The van der Waals surface area contributed by atoms with Gasteiger partial charge in [0.1, 0.15) is 22.9 Å². The molecule has 0 aliphatic carbocycles. The molecule has 0 unspecified atom stereocenters. The summed E-state index contributed by atoms with van der Waals surface area (Å²) in [5.74, 6) is -2.19. The fourth-order valence-electron chi connectivity index (χ4n) is 2.90. The van der Waals surface area contributed by atoms with Crippen LogP contribution in [-0.4, -0.2) is 62.9 Å². The quantitative estimate of drug-likeness (QED) is 0.126. The number of amides is 3. The number of hydrogen-bond donors (Lipinski definition) is 3. The van der Waals surface area contributed by atoms with E-state index in [0.717, 1.165) is 0 Å². The van der Waals surface area contributed by atoms with E-state index in [0.29, 0.717) is 22.9 Å². The van der Waals surface area contributed by atoms with Gasteiger partial charge in [0.05, 0.1) is 18.7 Å². The molecule has 1 aromatic heterocycles. The van der Waals surface area contributed by atoms with Gasteiger partial charge in [-0.05, 0) is 38.7 Å². The van der Waals surface area contributed by atoms with E-state index in [-0.39, 0.29) is 29.6 Å². The van der Waals surface area contributed by atoms with Gasteiger partial charge < -0.3 is 20.7 Å². The summed E-state index contributed by atoms with van der Waals surface area (Å²) >= 11 is 2.46. The highest BCUT2D eigenvalue weighted by atomic mass is 32.2. The van der Waals surface area contributed by atoms with E-state index in [2.05, 4.69) is 25.9 Å². The Bertz CT molecular complexity index is 1080. The third kappa shape index (κ3) is 9.46. The van der Waals surface area contributed by atoms with Gasteiger partial charge in [-0.2, -0.15) is 0 Å². The number of fused-ring (bicyclic) bond motifs is 2. The number of nitrogens with one attached hydrogen (secondary N) is 3. The van der Waals surface area contributed by atoms with E-state index in [4.69, 9.17) is 4.74 Å². The molecular weight excluding hydrogens is 506 g/mol. The van der Waals surface area contributed by atoms with E-state index in [1.807, 2.05) is 0 Å². The van der Waals surface area contributed by atoms with Crippen LogP contribution in [0.15, 0.2) is 35.0 Å². The van der Waals surface area contributed by atoms with Gasteiger partial charge in [-0.3, -0.25) is 19.2 Å². The highest BCUT2D eigenvalue weighted by molar-refractivity contribution is 8.13. The molecule has 0 aromatic carbocycles. The number of allylic oxidation sites excluding steroid dienone is 2. The Labute approximate surface area is 217 Å². The van der Waals surface area contributed by atoms with E-state index in [9.17, 15) is 24.0 Å². The number of carbonyl (C=O) groups is 5. The molecule has 0 fully saturated rings. The molecular formula is C23H29N5O6S2. The summed E-state index contributed by atoms with van der Waals surface area (Å²) in [7, 11) is 0. The third-order valence-corrected chi connectivity index (χ3v) is 6.19. The number of hydrogen-bond acceptors (Lipinski definition) is 10. The van der Waals surface area contributed by atoms with Crippen LogP contribution in [0.1, 0.15) is 49.9 Å². The Balaban J connectivity index is 2.32. The SMILES string of the molecule is C/C=C1\NC(=O)c2nc(cc(SC)n2)CNC(=O)C[C@@H](/C=C/CCSC(C)=O)OC(=O)[C@H](C)NC1=O. The number of carbonyl (C=O) groups excluding carboxylic acids is 5. The summed E-state index contributed by atoms with van der Waals surface area (Å²) in [4.78, 5) is 70.1. The highest BCUT2D eigenvalue weighted by Gasteiger charge is 2.25. The summed E-state index contributed by atoms with van der Waals surface area (Å²) in [5.41, 5.74) is 0.310. The van der Waals surface area contributed by atoms with Crippen molar-refractivity contribution in [1.29, 1.82) is 0 Å². The van der Waals surface area contributed by atoms with Crippen LogP contribution >= 0.6 is 23.5 Å². The average molecular weight is 536 g/mol. The minimum absolute atomic E-state index is 0.00215. The molecule has 0 radical (unpaired) electrons. The van der Waals surface area contributed by atoms with Crippen LogP contribution in [0.4, 0.5) is 0 Å². The first kappa shape index (κ1) is 29.0. The van der Waals surface area contributed by atoms with Gasteiger partial charge >= 0.3 is 5.97 Å². The second-order valence-corrected chi connectivity index (χ2v) is 9.69. The largest absolute Gasteiger partial charge is 0.456 e. The first-order valence-corrected chi connectivity index (χ1v) is 13.3. The molecule has 194 valence electrons. The molecule has 1 aliphatic rings. The number of esters is 1. The lowest BCUT2D eigenvalue weighted by Crippen LogP contribution is -2.44. The second-order valence-electron chi connectivity index (χ2n) is 7.59. The van der Waals surface area contributed by atoms with E-state index >= 15 is 0 Å². The smallest absolute Gasteiger partial charge is 0.328 e. The van der Waals surface area contributed by atoms with Crippen molar-refractivity contribution in [3.8, 4) is 0 Å². The monoisotopic (exact) mass is 535 g/mol. The molecule has 3 amide bonds. The summed E-state index contributed by atoms with van der Waals surface area (Å²) < 4.78 is 5.47. The average Bonchev–Trinajstić information content (AvgIpc) is 2.84. The van der Waals surface area contributed by atoms with Gasteiger partial charge in [0.2, 0.25) is 11.7 Å². The number of thioether (sulfide) groups is 2. The molecule has 1 aromatic rings. The fraction of sp³-hybridized carbons (Fsp3) is 0.435. The van der Waals surface area contributed by atoms with Crippen molar-refractivity contribution in [2.75, 3.05) is 12.0 Å². The first-order valence-electron chi connectivity index (χ1n) is 11.1. The molecule has 1 aliphatic heterocycles. The van der Waals surface area contributed by atoms with Crippen molar-refractivity contribution in [3.63, 3.8) is 0 Å². The van der Waals surface area contributed by atoms with Crippen LogP contribution in [0.25, 0.3) is 0 Å². The van der Waals surface area contributed by atoms with Gasteiger partial charge in [0.15, 0.2) is 5.12 Å². The van der Waals surface area contributed by atoms with Gasteiger partial charge in [0, 0.05) is 12.7 Å². The molecule has 2 atom stereocenters. The summed E-state index contributed by atoms with van der Waals surface area (Å²) in [6, 6.07) is 0.576. The predicted octanol–water partition coefficient (Wildman–Crippen LogP) is 1.49. The van der Waals surface area contributed by atoms with Crippen LogP contribution < -0.4 is 16.0 Å². The van der Waals surface area contributed by atoms with Gasteiger partial charge in [0.25, 0.3) is 11.8 Å².